The third kappa shape index (κ3) is 2.10. The van der Waals surface area contributed by atoms with Crippen LogP contribution in [0.25, 0.3) is 0 Å². The highest BCUT2D eigenvalue weighted by Gasteiger charge is 2.51. The lowest BCUT2D eigenvalue weighted by atomic mass is 9.66. The first-order valence-corrected chi connectivity index (χ1v) is 6.67. The molecule has 88 valence electrons. The number of rotatable bonds is 2. The molecule has 0 radical (unpaired) electrons. The van der Waals surface area contributed by atoms with Crippen LogP contribution in [0.1, 0.15) is 45.4 Å². The van der Waals surface area contributed by atoms with Crippen molar-refractivity contribution in [2.24, 2.45) is 11.3 Å². The third-order valence-electron chi connectivity index (χ3n) is 4.54. The minimum atomic E-state index is 0.321. The second-order valence-corrected chi connectivity index (χ2v) is 6.33. The smallest absolute Gasteiger partial charge is 0.0921 e. The molecular formula is C15H22O. The standard InChI is InChI=1S/C15H22O/c1-14(10-13-6-3-2-4-7-13)8-5-9-15(11-14)12-16-15/h2-4,6,13H,5,7-12H2,1H3/t13?,14-,15+/m0/s1. The molecular weight excluding hydrogens is 196 g/mol. The number of hydrogen-bond acceptors (Lipinski definition) is 1. The van der Waals surface area contributed by atoms with Crippen molar-refractivity contribution in [3.63, 3.8) is 0 Å². The molecule has 1 saturated heterocycles. The van der Waals surface area contributed by atoms with Gasteiger partial charge in [-0.3, -0.25) is 0 Å². The molecule has 1 nitrogen and oxygen atoms in total. The molecule has 1 spiro atoms. The van der Waals surface area contributed by atoms with Crippen molar-refractivity contribution in [3.8, 4) is 0 Å². The zero-order chi connectivity index (χ0) is 11.1. The van der Waals surface area contributed by atoms with Gasteiger partial charge in [-0.05, 0) is 49.9 Å². The predicted octanol–water partition coefficient (Wildman–Crippen LogP) is 3.86. The van der Waals surface area contributed by atoms with Gasteiger partial charge in [0.15, 0.2) is 0 Å². The Bertz CT molecular complexity index is 324. The molecule has 0 bridgehead atoms. The minimum Gasteiger partial charge on any atom is -0.370 e. The average Bonchev–Trinajstić information content (AvgIpc) is 2.98. The summed E-state index contributed by atoms with van der Waals surface area (Å²) in [6, 6.07) is 0. The van der Waals surface area contributed by atoms with Crippen LogP contribution in [0.3, 0.4) is 0 Å². The summed E-state index contributed by atoms with van der Waals surface area (Å²) in [4.78, 5) is 0. The Morgan fingerprint density at radius 1 is 1.31 bits per heavy atom. The zero-order valence-electron chi connectivity index (χ0n) is 10.2. The topological polar surface area (TPSA) is 12.5 Å². The van der Waals surface area contributed by atoms with E-state index in [1.165, 1.54) is 38.5 Å². The zero-order valence-corrected chi connectivity index (χ0v) is 10.2. The van der Waals surface area contributed by atoms with Gasteiger partial charge < -0.3 is 4.74 Å². The van der Waals surface area contributed by atoms with Crippen LogP contribution in [-0.2, 0) is 4.74 Å². The van der Waals surface area contributed by atoms with E-state index >= 15 is 0 Å². The van der Waals surface area contributed by atoms with Gasteiger partial charge in [-0.1, -0.05) is 31.2 Å². The van der Waals surface area contributed by atoms with Crippen LogP contribution in [0.15, 0.2) is 24.3 Å². The molecule has 2 fully saturated rings. The molecule has 1 aliphatic heterocycles. The van der Waals surface area contributed by atoms with Crippen molar-refractivity contribution in [1.29, 1.82) is 0 Å². The SMILES string of the molecule is C[C@@]1(CC2C=CC=CC2)CCC[C@]2(CO2)C1. The number of allylic oxidation sites excluding steroid dienone is 4. The Morgan fingerprint density at radius 2 is 2.19 bits per heavy atom. The van der Waals surface area contributed by atoms with E-state index in [-0.39, 0.29) is 0 Å². The maximum absolute atomic E-state index is 5.69. The summed E-state index contributed by atoms with van der Waals surface area (Å²) in [6.07, 6.45) is 17.0. The highest BCUT2D eigenvalue weighted by Crippen LogP contribution is 2.52. The van der Waals surface area contributed by atoms with Crippen LogP contribution >= 0.6 is 0 Å². The van der Waals surface area contributed by atoms with E-state index in [0.717, 1.165) is 12.5 Å². The molecule has 1 saturated carbocycles. The first kappa shape index (κ1) is 10.6. The summed E-state index contributed by atoms with van der Waals surface area (Å²) in [5.41, 5.74) is 0.843. The molecule has 3 rings (SSSR count). The normalized spacial score (nSPS) is 46.2. The molecule has 0 N–H and O–H groups in total. The Morgan fingerprint density at radius 3 is 2.88 bits per heavy atom. The van der Waals surface area contributed by atoms with Crippen LogP contribution in [0.5, 0.6) is 0 Å². The van der Waals surface area contributed by atoms with Gasteiger partial charge in [0.2, 0.25) is 0 Å². The van der Waals surface area contributed by atoms with Gasteiger partial charge in [0.1, 0.15) is 0 Å². The fourth-order valence-corrected chi connectivity index (χ4v) is 3.73. The van der Waals surface area contributed by atoms with Crippen LogP contribution in [0.4, 0.5) is 0 Å². The van der Waals surface area contributed by atoms with E-state index < -0.39 is 0 Å². The molecule has 3 aliphatic rings. The van der Waals surface area contributed by atoms with Gasteiger partial charge >= 0.3 is 0 Å². The van der Waals surface area contributed by atoms with Crippen molar-refractivity contribution < 1.29 is 4.74 Å². The fourth-order valence-electron chi connectivity index (χ4n) is 3.73. The maximum atomic E-state index is 5.69. The first-order chi connectivity index (χ1) is 7.70. The second-order valence-electron chi connectivity index (χ2n) is 6.33. The van der Waals surface area contributed by atoms with E-state index in [1.54, 1.807) is 0 Å². The van der Waals surface area contributed by atoms with E-state index in [4.69, 9.17) is 4.74 Å². The highest BCUT2D eigenvalue weighted by molar-refractivity contribution is 5.12. The van der Waals surface area contributed by atoms with Crippen molar-refractivity contribution in [2.45, 2.75) is 51.0 Å². The van der Waals surface area contributed by atoms with Gasteiger partial charge in [-0.25, -0.2) is 0 Å². The second kappa shape index (κ2) is 3.73. The Hall–Kier alpha value is -0.560. The molecule has 0 aromatic rings. The molecule has 1 unspecified atom stereocenters. The van der Waals surface area contributed by atoms with Crippen molar-refractivity contribution in [1.82, 2.24) is 0 Å². The van der Waals surface area contributed by atoms with Crippen LogP contribution in [0.2, 0.25) is 0 Å². The summed E-state index contributed by atoms with van der Waals surface area (Å²) in [6.45, 7) is 3.50. The van der Waals surface area contributed by atoms with Gasteiger partial charge in [-0.15, -0.1) is 0 Å². The first-order valence-electron chi connectivity index (χ1n) is 6.67. The molecule has 1 heteroatoms. The summed E-state index contributed by atoms with van der Waals surface area (Å²) in [5.74, 6) is 0.767. The quantitative estimate of drug-likeness (QED) is 0.641. The molecule has 2 aliphatic carbocycles. The molecule has 1 heterocycles. The molecule has 0 amide bonds. The van der Waals surface area contributed by atoms with E-state index in [0.29, 0.717) is 11.0 Å². The number of hydrogen-bond donors (Lipinski definition) is 0. The predicted molar refractivity (Wildman–Crippen MR) is 66.3 cm³/mol. The molecule has 0 aromatic heterocycles. The fraction of sp³-hybridized carbons (Fsp3) is 0.733. The monoisotopic (exact) mass is 218 g/mol. The molecule has 3 atom stereocenters. The Labute approximate surface area is 98.6 Å². The lowest BCUT2D eigenvalue weighted by Crippen LogP contribution is -2.32. The van der Waals surface area contributed by atoms with Gasteiger partial charge in [0.25, 0.3) is 0 Å². The molecule has 16 heavy (non-hydrogen) atoms. The van der Waals surface area contributed by atoms with Gasteiger partial charge in [0, 0.05) is 0 Å². The Kier molecular flexibility index (Phi) is 2.47. The lowest BCUT2D eigenvalue weighted by Gasteiger charge is -2.39. The highest BCUT2D eigenvalue weighted by atomic mass is 16.6. The summed E-state index contributed by atoms with van der Waals surface area (Å²) >= 11 is 0. The lowest BCUT2D eigenvalue weighted by molar-refractivity contribution is 0.0999. The largest absolute Gasteiger partial charge is 0.370 e. The average molecular weight is 218 g/mol. The third-order valence-corrected chi connectivity index (χ3v) is 4.54. The van der Waals surface area contributed by atoms with Crippen molar-refractivity contribution >= 4 is 0 Å². The van der Waals surface area contributed by atoms with Gasteiger partial charge in [0.05, 0.1) is 12.2 Å². The number of epoxide rings is 1. The summed E-state index contributed by atoms with van der Waals surface area (Å²) in [7, 11) is 0. The number of ether oxygens (including phenoxy) is 1. The van der Waals surface area contributed by atoms with Crippen LogP contribution in [0, 0.1) is 11.3 Å². The summed E-state index contributed by atoms with van der Waals surface area (Å²) < 4.78 is 5.69. The maximum Gasteiger partial charge on any atom is 0.0921 e. The van der Waals surface area contributed by atoms with E-state index in [2.05, 4.69) is 31.2 Å². The van der Waals surface area contributed by atoms with E-state index in [1.807, 2.05) is 0 Å². The van der Waals surface area contributed by atoms with Crippen LogP contribution < -0.4 is 0 Å². The summed E-state index contributed by atoms with van der Waals surface area (Å²) in [5, 5.41) is 0. The van der Waals surface area contributed by atoms with E-state index in [9.17, 15) is 0 Å². The molecule has 0 aromatic carbocycles. The van der Waals surface area contributed by atoms with Crippen molar-refractivity contribution in [2.75, 3.05) is 6.61 Å². The Balaban J connectivity index is 1.63. The van der Waals surface area contributed by atoms with Crippen LogP contribution in [-0.4, -0.2) is 12.2 Å². The minimum absolute atomic E-state index is 0.321. The van der Waals surface area contributed by atoms with Crippen molar-refractivity contribution in [3.05, 3.63) is 24.3 Å². The van der Waals surface area contributed by atoms with Gasteiger partial charge in [-0.2, -0.15) is 0 Å².